The Hall–Kier alpha value is -2.15. The number of nitrogens with one attached hydrogen (secondary N) is 1. The fraction of sp³-hybridized carbons (Fsp3) is 0.167. The standard InChI is InChI=1S/C12H9F3N2O2/c13-12(14,15)7-19-17-11(18)10-9-4-2-1-3-8(9)5-6-16-10/h1-6H,7H2,(H,17,18). The van der Waals surface area contributed by atoms with E-state index in [1.54, 1.807) is 35.8 Å². The van der Waals surface area contributed by atoms with Gasteiger partial charge in [-0.2, -0.15) is 13.2 Å². The van der Waals surface area contributed by atoms with Crippen LogP contribution in [0.2, 0.25) is 0 Å². The molecule has 0 bridgehead atoms. The zero-order chi connectivity index (χ0) is 13.9. The Morgan fingerprint density at radius 1 is 1.26 bits per heavy atom. The molecule has 2 aromatic rings. The third kappa shape index (κ3) is 3.41. The van der Waals surface area contributed by atoms with Gasteiger partial charge >= 0.3 is 6.18 Å². The minimum atomic E-state index is -4.50. The first kappa shape index (κ1) is 13.3. The van der Waals surface area contributed by atoms with Crippen molar-refractivity contribution in [1.29, 1.82) is 0 Å². The maximum Gasteiger partial charge on any atom is 0.414 e. The minimum absolute atomic E-state index is 0.0141. The number of pyridine rings is 1. The van der Waals surface area contributed by atoms with E-state index in [4.69, 9.17) is 0 Å². The summed E-state index contributed by atoms with van der Waals surface area (Å²) in [5.41, 5.74) is 1.74. The molecule has 4 nitrogen and oxygen atoms in total. The summed E-state index contributed by atoms with van der Waals surface area (Å²) in [5.74, 6) is -0.818. The van der Waals surface area contributed by atoms with Gasteiger partial charge in [0.25, 0.3) is 5.91 Å². The second-order valence-electron chi connectivity index (χ2n) is 3.72. The van der Waals surface area contributed by atoms with Crippen LogP contribution in [-0.4, -0.2) is 23.7 Å². The molecular weight excluding hydrogens is 261 g/mol. The van der Waals surface area contributed by atoms with Crippen molar-refractivity contribution in [2.45, 2.75) is 6.18 Å². The largest absolute Gasteiger partial charge is 0.414 e. The summed E-state index contributed by atoms with van der Waals surface area (Å²) in [6, 6.07) is 8.61. The predicted octanol–water partition coefficient (Wildman–Crippen LogP) is 2.46. The summed E-state index contributed by atoms with van der Waals surface area (Å²) in [4.78, 5) is 19.6. The maximum atomic E-state index is 11.9. The number of benzene rings is 1. The SMILES string of the molecule is O=C(NOCC(F)(F)F)c1nccc2ccccc12. The van der Waals surface area contributed by atoms with Crippen molar-refractivity contribution in [3.63, 3.8) is 0 Å². The van der Waals surface area contributed by atoms with E-state index in [0.29, 0.717) is 5.39 Å². The summed E-state index contributed by atoms with van der Waals surface area (Å²) in [7, 11) is 0. The Balaban J connectivity index is 2.14. The van der Waals surface area contributed by atoms with Gasteiger partial charge in [-0.05, 0) is 11.5 Å². The number of amides is 1. The van der Waals surface area contributed by atoms with Crippen molar-refractivity contribution < 1.29 is 22.8 Å². The first-order valence-corrected chi connectivity index (χ1v) is 5.30. The summed E-state index contributed by atoms with van der Waals surface area (Å²) < 4.78 is 35.6. The molecule has 2 rings (SSSR count). The molecular formula is C12H9F3N2O2. The second-order valence-corrected chi connectivity index (χ2v) is 3.72. The molecule has 1 N–H and O–H groups in total. The molecule has 7 heteroatoms. The fourth-order valence-corrected chi connectivity index (χ4v) is 1.53. The average Bonchev–Trinajstić information content (AvgIpc) is 2.36. The van der Waals surface area contributed by atoms with Gasteiger partial charge in [0.2, 0.25) is 0 Å². The highest BCUT2D eigenvalue weighted by molar-refractivity contribution is 6.04. The summed E-state index contributed by atoms with van der Waals surface area (Å²) in [5, 5.41) is 1.30. The molecule has 1 aromatic carbocycles. The van der Waals surface area contributed by atoms with Gasteiger partial charge < -0.3 is 0 Å². The summed E-state index contributed by atoms with van der Waals surface area (Å²) in [6.45, 7) is -1.55. The topological polar surface area (TPSA) is 51.2 Å². The van der Waals surface area contributed by atoms with E-state index < -0.39 is 18.7 Å². The van der Waals surface area contributed by atoms with Crippen molar-refractivity contribution >= 4 is 16.7 Å². The molecule has 0 aliphatic rings. The highest BCUT2D eigenvalue weighted by Crippen LogP contribution is 2.17. The van der Waals surface area contributed by atoms with E-state index in [1.165, 1.54) is 6.20 Å². The van der Waals surface area contributed by atoms with E-state index in [1.807, 2.05) is 0 Å². The lowest BCUT2D eigenvalue weighted by Crippen LogP contribution is -2.30. The lowest BCUT2D eigenvalue weighted by atomic mass is 10.1. The van der Waals surface area contributed by atoms with E-state index in [2.05, 4.69) is 9.82 Å². The molecule has 0 radical (unpaired) electrons. The van der Waals surface area contributed by atoms with Crippen molar-refractivity contribution in [1.82, 2.24) is 10.5 Å². The molecule has 0 unspecified atom stereocenters. The van der Waals surface area contributed by atoms with Crippen LogP contribution < -0.4 is 5.48 Å². The van der Waals surface area contributed by atoms with Crippen LogP contribution in [0.25, 0.3) is 10.8 Å². The molecule has 1 amide bonds. The first-order valence-electron chi connectivity index (χ1n) is 5.30. The lowest BCUT2D eigenvalue weighted by molar-refractivity contribution is -0.184. The molecule has 0 aliphatic carbocycles. The fourth-order valence-electron chi connectivity index (χ4n) is 1.53. The minimum Gasteiger partial charge on any atom is -0.265 e. The number of hydrogen-bond acceptors (Lipinski definition) is 3. The Morgan fingerprint density at radius 2 is 2.00 bits per heavy atom. The van der Waals surface area contributed by atoms with Gasteiger partial charge in [0.15, 0.2) is 6.61 Å². The van der Waals surface area contributed by atoms with Crippen molar-refractivity contribution in [2.75, 3.05) is 6.61 Å². The number of carbonyl (C=O) groups is 1. The van der Waals surface area contributed by atoms with Crippen LogP contribution >= 0.6 is 0 Å². The van der Waals surface area contributed by atoms with Gasteiger partial charge in [-0.15, -0.1) is 0 Å². The van der Waals surface area contributed by atoms with Crippen LogP contribution in [0.15, 0.2) is 36.5 Å². The van der Waals surface area contributed by atoms with Gasteiger partial charge in [0.05, 0.1) is 0 Å². The number of rotatable bonds is 3. The quantitative estimate of drug-likeness (QED) is 0.872. The zero-order valence-corrected chi connectivity index (χ0v) is 9.57. The third-order valence-corrected chi connectivity index (χ3v) is 2.29. The Kier molecular flexibility index (Phi) is 3.66. The molecule has 1 heterocycles. The average molecular weight is 270 g/mol. The molecule has 0 fully saturated rings. The zero-order valence-electron chi connectivity index (χ0n) is 9.57. The molecule has 0 saturated heterocycles. The monoisotopic (exact) mass is 270 g/mol. The predicted molar refractivity (Wildman–Crippen MR) is 61.2 cm³/mol. The molecule has 19 heavy (non-hydrogen) atoms. The van der Waals surface area contributed by atoms with E-state index >= 15 is 0 Å². The molecule has 0 atom stereocenters. The number of nitrogens with zero attached hydrogens (tertiary/aromatic N) is 1. The van der Waals surface area contributed by atoms with Crippen LogP contribution in [0.5, 0.6) is 0 Å². The van der Waals surface area contributed by atoms with Gasteiger partial charge in [-0.1, -0.05) is 24.3 Å². The molecule has 0 aliphatic heterocycles. The van der Waals surface area contributed by atoms with Crippen LogP contribution in [0.3, 0.4) is 0 Å². The lowest BCUT2D eigenvalue weighted by Gasteiger charge is -2.09. The number of hydroxylamine groups is 1. The number of halogens is 3. The smallest absolute Gasteiger partial charge is 0.265 e. The van der Waals surface area contributed by atoms with Gasteiger partial charge in [-0.3, -0.25) is 14.6 Å². The molecule has 0 saturated carbocycles. The molecule has 0 spiro atoms. The number of hydrogen-bond donors (Lipinski definition) is 1. The van der Waals surface area contributed by atoms with Crippen LogP contribution in [0, 0.1) is 0 Å². The summed E-state index contributed by atoms with van der Waals surface area (Å²) in [6.07, 6.45) is -3.10. The number of carbonyl (C=O) groups excluding carboxylic acids is 1. The molecule has 1 aromatic heterocycles. The van der Waals surface area contributed by atoms with Crippen molar-refractivity contribution in [3.8, 4) is 0 Å². The Labute approximate surface area is 106 Å². The summed E-state index contributed by atoms with van der Waals surface area (Å²) >= 11 is 0. The normalized spacial score (nSPS) is 11.5. The Bertz CT molecular complexity index is 594. The number of fused-ring (bicyclic) bond motifs is 1. The van der Waals surface area contributed by atoms with Crippen LogP contribution in [0.4, 0.5) is 13.2 Å². The Morgan fingerprint density at radius 3 is 2.74 bits per heavy atom. The number of aromatic nitrogens is 1. The number of alkyl halides is 3. The highest BCUT2D eigenvalue weighted by Gasteiger charge is 2.28. The first-order chi connectivity index (χ1) is 8.97. The van der Waals surface area contributed by atoms with Gasteiger partial charge in [0, 0.05) is 11.6 Å². The van der Waals surface area contributed by atoms with E-state index in [0.717, 1.165) is 5.39 Å². The molecule has 100 valence electrons. The van der Waals surface area contributed by atoms with Gasteiger partial charge in [-0.25, -0.2) is 5.48 Å². The van der Waals surface area contributed by atoms with Crippen molar-refractivity contribution in [3.05, 3.63) is 42.2 Å². The van der Waals surface area contributed by atoms with E-state index in [9.17, 15) is 18.0 Å². The maximum absolute atomic E-state index is 11.9. The van der Waals surface area contributed by atoms with Crippen LogP contribution in [-0.2, 0) is 4.84 Å². The highest BCUT2D eigenvalue weighted by atomic mass is 19.4. The van der Waals surface area contributed by atoms with E-state index in [-0.39, 0.29) is 5.69 Å². The second kappa shape index (κ2) is 5.23. The van der Waals surface area contributed by atoms with Gasteiger partial charge in [0.1, 0.15) is 5.69 Å². The van der Waals surface area contributed by atoms with Crippen LogP contribution in [0.1, 0.15) is 10.5 Å². The third-order valence-electron chi connectivity index (χ3n) is 2.29. The van der Waals surface area contributed by atoms with Crippen molar-refractivity contribution in [2.24, 2.45) is 0 Å².